The molecule has 1 unspecified atom stereocenters. The van der Waals surface area contributed by atoms with E-state index >= 15 is 0 Å². The van der Waals surface area contributed by atoms with E-state index < -0.39 is 0 Å². The average Bonchev–Trinajstić information content (AvgIpc) is 2.48. The van der Waals surface area contributed by atoms with Crippen LogP contribution in [0.5, 0.6) is 0 Å². The van der Waals surface area contributed by atoms with Crippen LogP contribution in [-0.2, 0) is 4.74 Å². The van der Waals surface area contributed by atoms with Crippen molar-refractivity contribution in [3.63, 3.8) is 0 Å². The van der Waals surface area contributed by atoms with E-state index in [4.69, 9.17) is 4.74 Å². The second kappa shape index (κ2) is 7.06. The molecule has 1 heteroatoms. The molecule has 0 spiro atoms. The molecule has 1 aromatic rings. The van der Waals surface area contributed by atoms with Crippen molar-refractivity contribution in [2.24, 2.45) is 0 Å². The van der Waals surface area contributed by atoms with Gasteiger partial charge in [-0.05, 0) is 28.7 Å². The molecular formula is C19H22O. The van der Waals surface area contributed by atoms with E-state index in [0.717, 1.165) is 25.0 Å². The van der Waals surface area contributed by atoms with Crippen molar-refractivity contribution in [2.75, 3.05) is 6.61 Å². The van der Waals surface area contributed by atoms with Crippen molar-refractivity contribution in [1.82, 2.24) is 0 Å². The second-order valence-electron chi connectivity index (χ2n) is 4.91. The zero-order valence-electron chi connectivity index (χ0n) is 12.1. The maximum atomic E-state index is 6.07. The van der Waals surface area contributed by atoms with Gasteiger partial charge >= 0.3 is 0 Å². The molecule has 1 aliphatic carbocycles. The third-order valence-electron chi connectivity index (χ3n) is 3.55. The van der Waals surface area contributed by atoms with Gasteiger partial charge in [0, 0.05) is 13.0 Å². The molecule has 0 saturated carbocycles. The zero-order chi connectivity index (χ0) is 14.4. The first-order chi connectivity index (χ1) is 9.80. The van der Waals surface area contributed by atoms with E-state index in [-0.39, 0.29) is 6.10 Å². The van der Waals surface area contributed by atoms with Crippen LogP contribution in [-0.4, -0.2) is 6.61 Å². The Morgan fingerprint density at radius 3 is 2.70 bits per heavy atom. The molecule has 0 aromatic heterocycles. The molecule has 0 amide bonds. The summed E-state index contributed by atoms with van der Waals surface area (Å²) in [5, 5.41) is 0. The lowest BCUT2D eigenvalue weighted by Gasteiger charge is -2.23. The minimum absolute atomic E-state index is 0.0825. The van der Waals surface area contributed by atoms with Crippen LogP contribution in [0, 0.1) is 0 Å². The maximum Gasteiger partial charge on any atom is 0.0871 e. The normalized spacial score (nSPS) is 23.4. The van der Waals surface area contributed by atoms with E-state index in [1.165, 1.54) is 16.7 Å². The Bertz CT molecular complexity index is 549. The van der Waals surface area contributed by atoms with Crippen molar-refractivity contribution in [3.05, 3.63) is 77.9 Å². The van der Waals surface area contributed by atoms with Gasteiger partial charge in [0.05, 0.1) is 6.10 Å². The van der Waals surface area contributed by atoms with E-state index in [0.29, 0.717) is 0 Å². The number of rotatable bonds is 5. The topological polar surface area (TPSA) is 9.23 Å². The summed E-state index contributed by atoms with van der Waals surface area (Å²) in [5.41, 5.74) is 4.78. The Labute approximate surface area is 122 Å². The molecule has 20 heavy (non-hydrogen) atoms. The highest BCUT2D eigenvalue weighted by Crippen LogP contribution is 2.33. The summed E-state index contributed by atoms with van der Waals surface area (Å²) in [6.45, 7) is 10.7. The van der Waals surface area contributed by atoms with Gasteiger partial charge in [-0.1, -0.05) is 68.7 Å². The fourth-order valence-electron chi connectivity index (χ4n) is 2.48. The number of benzene rings is 1. The monoisotopic (exact) mass is 266 g/mol. The van der Waals surface area contributed by atoms with Crippen LogP contribution in [0.2, 0.25) is 0 Å². The van der Waals surface area contributed by atoms with Gasteiger partial charge in [-0.15, -0.1) is 0 Å². The standard InChI is InChI=1S/C19H22O/c1-4-13-20-19-14-16(6-3)15(5-2)11-12-17-9-7-8-10-18(17)19/h5-12,19H,2-4,13-14H2,1H3/b12-11-,16-15-. The van der Waals surface area contributed by atoms with E-state index in [2.05, 4.69) is 56.5 Å². The first-order valence-corrected chi connectivity index (χ1v) is 7.16. The molecule has 0 aliphatic heterocycles. The van der Waals surface area contributed by atoms with Crippen LogP contribution < -0.4 is 0 Å². The van der Waals surface area contributed by atoms with Crippen molar-refractivity contribution >= 4 is 6.08 Å². The number of hydrogen-bond donors (Lipinski definition) is 0. The molecule has 1 aliphatic rings. The highest BCUT2D eigenvalue weighted by molar-refractivity contribution is 5.61. The van der Waals surface area contributed by atoms with Crippen LogP contribution >= 0.6 is 0 Å². The van der Waals surface area contributed by atoms with Crippen molar-refractivity contribution in [1.29, 1.82) is 0 Å². The van der Waals surface area contributed by atoms with Crippen molar-refractivity contribution < 1.29 is 4.74 Å². The van der Waals surface area contributed by atoms with Gasteiger partial charge in [-0.2, -0.15) is 0 Å². The number of allylic oxidation sites excluding steroid dienone is 4. The van der Waals surface area contributed by atoms with Gasteiger partial charge in [0.1, 0.15) is 0 Å². The molecule has 0 fully saturated rings. The molecule has 1 aromatic carbocycles. The fraction of sp³-hybridized carbons (Fsp3) is 0.263. The molecule has 0 bridgehead atoms. The summed E-state index contributed by atoms with van der Waals surface area (Å²) in [7, 11) is 0. The first kappa shape index (κ1) is 14.5. The van der Waals surface area contributed by atoms with Gasteiger partial charge in [0.2, 0.25) is 0 Å². The molecule has 1 nitrogen and oxygen atoms in total. The van der Waals surface area contributed by atoms with Crippen LogP contribution in [0.3, 0.4) is 0 Å². The highest BCUT2D eigenvalue weighted by atomic mass is 16.5. The Morgan fingerprint density at radius 2 is 2.00 bits per heavy atom. The Morgan fingerprint density at radius 1 is 1.20 bits per heavy atom. The molecule has 2 rings (SSSR count). The fourth-order valence-corrected chi connectivity index (χ4v) is 2.48. The van der Waals surface area contributed by atoms with Crippen molar-refractivity contribution in [3.8, 4) is 0 Å². The van der Waals surface area contributed by atoms with Gasteiger partial charge in [-0.3, -0.25) is 0 Å². The predicted octanol–water partition coefficient (Wildman–Crippen LogP) is 5.24. The Balaban J connectivity index is 2.46. The molecule has 1 atom stereocenters. The van der Waals surface area contributed by atoms with Gasteiger partial charge < -0.3 is 4.74 Å². The molecular weight excluding hydrogens is 244 g/mol. The smallest absolute Gasteiger partial charge is 0.0871 e. The quantitative estimate of drug-likeness (QED) is 0.708. The lowest BCUT2D eigenvalue weighted by atomic mass is 9.91. The summed E-state index contributed by atoms with van der Waals surface area (Å²) in [6, 6.07) is 8.42. The number of fused-ring (bicyclic) bond motifs is 1. The van der Waals surface area contributed by atoms with E-state index in [1.54, 1.807) is 0 Å². The van der Waals surface area contributed by atoms with Gasteiger partial charge in [0.15, 0.2) is 0 Å². The van der Waals surface area contributed by atoms with Crippen LogP contribution in [0.15, 0.2) is 66.8 Å². The minimum atomic E-state index is 0.0825. The van der Waals surface area contributed by atoms with Crippen molar-refractivity contribution in [2.45, 2.75) is 25.9 Å². The zero-order valence-corrected chi connectivity index (χ0v) is 12.1. The van der Waals surface area contributed by atoms with Crippen LogP contribution in [0.25, 0.3) is 6.08 Å². The number of ether oxygens (including phenoxy) is 1. The Kier molecular flexibility index (Phi) is 5.14. The average molecular weight is 266 g/mol. The molecule has 0 saturated heterocycles. The van der Waals surface area contributed by atoms with Gasteiger partial charge in [0.25, 0.3) is 0 Å². The third-order valence-corrected chi connectivity index (χ3v) is 3.55. The summed E-state index contributed by atoms with van der Waals surface area (Å²) in [6.07, 6.45) is 9.99. The molecule has 104 valence electrons. The molecule has 0 heterocycles. The summed E-state index contributed by atoms with van der Waals surface area (Å²) in [4.78, 5) is 0. The van der Waals surface area contributed by atoms with Crippen LogP contribution in [0.4, 0.5) is 0 Å². The minimum Gasteiger partial charge on any atom is -0.373 e. The van der Waals surface area contributed by atoms with E-state index in [1.807, 2.05) is 12.2 Å². The lowest BCUT2D eigenvalue weighted by Crippen LogP contribution is -2.09. The van der Waals surface area contributed by atoms with Gasteiger partial charge in [-0.25, -0.2) is 0 Å². The summed E-state index contributed by atoms with van der Waals surface area (Å²) >= 11 is 0. The third kappa shape index (κ3) is 3.17. The molecule has 0 N–H and O–H groups in total. The Hall–Kier alpha value is -1.86. The lowest BCUT2D eigenvalue weighted by molar-refractivity contribution is 0.0536. The van der Waals surface area contributed by atoms with Crippen LogP contribution in [0.1, 0.15) is 37.0 Å². The maximum absolute atomic E-state index is 6.07. The highest BCUT2D eigenvalue weighted by Gasteiger charge is 2.18. The predicted molar refractivity (Wildman–Crippen MR) is 86.5 cm³/mol. The number of hydrogen-bond acceptors (Lipinski definition) is 1. The largest absolute Gasteiger partial charge is 0.373 e. The second-order valence-corrected chi connectivity index (χ2v) is 4.91. The first-order valence-electron chi connectivity index (χ1n) is 7.16. The van der Waals surface area contributed by atoms with E-state index in [9.17, 15) is 0 Å². The summed E-state index contributed by atoms with van der Waals surface area (Å²) < 4.78 is 6.07. The summed E-state index contributed by atoms with van der Waals surface area (Å²) in [5.74, 6) is 0. The molecule has 0 radical (unpaired) electrons. The SMILES string of the molecule is C=CC1=C(\C=C)CC(OCCC)c2ccccc2/C=C\1.